The molecule has 0 aliphatic heterocycles. The fourth-order valence-corrected chi connectivity index (χ4v) is 3.75. The Morgan fingerprint density at radius 2 is 2.13 bits per heavy atom. The predicted octanol–water partition coefficient (Wildman–Crippen LogP) is 0.889. The fourth-order valence-electron chi connectivity index (χ4n) is 3.75. The zero-order valence-electron chi connectivity index (χ0n) is 8.77. The van der Waals surface area contributed by atoms with Crippen LogP contribution < -0.4 is 5.73 Å². The quantitative estimate of drug-likeness (QED) is 0.510. The summed E-state index contributed by atoms with van der Waals surface area (Å²) in [6, 6.07) is 0. The molecule has 3 aliphatic carbocycles. The molecule has 0 unspecified atom stereocenters. The van der Waals surface area contributed by atoms with E-state index in [0.717, 1.165) is 6.42 Å². The number of allylic oxidation sites excluding steroid dienone is 2. The van der Waals surface area contributed by atoms with Crippen molar-refractivity contribution in [3.63, 3.8) is 0 Å². The van der Waals surface area contributed by atoms with Gasteiger partial charge < -0.3 is 5.73 Å². The molecule has 0 radical (unpaired) electrons. The maximum atomic E-state index is 12.2. The maximum absolute atomic E-state index is 12.2. The van der Waals surface area contributed by atoms with Crippen molar-refractivity contribution in [3.8, 4) is 0 Å². The van der Waals surface area contributed by atoms with Gasteiger partial charge in [0.05, 0.1) is 0 Å². The van der Waals surface area contributed by atoms with E-state index in [9.17, 15) is 9.59 Å². The molecule has 0 aromatic rings. The van der Waals surface area contributed by atoms with Crippen LogP contribution in [0.25, 0.3) is 0 Å². The molecule has 0 aromatic carbocycles. The molecule has 3 aliphatic rings. The molecule has 0 saturated heterocycles. The van der Waals surface area contributed by atoms with Crippen LogP contribution in [-0.2, 0) is 9.59 Å². The van der Waals surface area contributed by atoms with Crippen LogP contribution in [0.5, 0.6) is 0 Å². The molecule has 3 nitrogen and oxygen atoms in total. The topological polar surface area (TPSA) is 60.2 Å². The first-order valence-electron chi connectivity index (χ1n) is 5.56. The van der Waals surface area contributed by atoms with Crippen LogP contribution in [0.3, 0.4) is 0 Å². The lowest BCUT2D eigenvalue weighted by atomic mass is 9.82. The molecule has 2 fully saturated rings. The molecule has 2 bridgehead atoms. The molecular formula is C12H15NO2. The summed E-state index contributed by atoms with van der Waals surface area (Å²) in [6.07, 6.45) is 6.13. The highest BCUT2D eigenvalue weighted by Crippen LogP contribution is 2.58. The first-order chi connectivity index (χ1) is 7.04. The Morgan fingerprint density at radius 3 is 2.73 bits per heavy atom. The summed E-state index contributed by atoms with van der Waals surface area (Å²) in [5.41, 5.74) is 4.47. The van der Waals surface area contributed by atoms with E-state index in [4.69, 9.17) is 5.73 Å². The van der Waals surface area contributed by atoms with Gasteiger partial charge in [-0.05, 0) is 37.5 Å². The molecule has 0 spiro atoms. The van der Waals surface area contributed by atoms with Crippen molar-refractivity contribution < 1.29 is 9.59 Å². The van der Waals surface area contributed by atoms with E-state index in [0.29, 0.717) is 24.2 Å². The van der Waals surface area contributed by atoms with Gasteiger partial charge in [0.2, 0.25) is 5.91 Å². The maximum Gasteiger partial charge on any atom is 0.230 e. The summed E-state index contributed by atoms with van der Waals surface area (Å²) < 4.78 is 0. The van der Waals surface area contributed by atoms with Crippen LogP contribution in [-0.4, -0.2) is 11.7 Å². The van der Waals surface area contributed by atoms with Crippen LogP contribution in [0.1, 0.15) is 19.8 Å². The van der Waals surface area contributed by atoms with Gasteiger partial charge in [0, 0.05) is 5.92 Å². The third kappa shape index (κ3) is 0.912. The molecule has 2 saturated carbocycles. The van der Waals surface area contributed by atoms with Crippen molar-refractivity contribution in [2.45, 2.75) is 19.8 Å². The summed E-state index contributed by atoms with van der Waals surface area (Å²) in [6.45, 7) is 1.72. The summed E-state index contributed by atoms with van der Waals surface area (Å²) in [4.78, 5) is 23.6. The number of carbonyl (C=O) groups is 2. The summed E-state index contributed by atoms with van der Waals surface area (Å²) in [7, 11) is 0. The third-order valence-corrected chi connectivity index (χ3v) is 4.66. The van der Waals surface area contributed by atoms with Gasteiger partial charge in [-0.1, -0.05) is 12.2 Å². The van der Waals surface area contributed by atoms with Gasteiger partial charge in [-0.3, -0.25) is 9.59 Å². The first-order valence-corrected chi connectivity index (χ1v) is 5.56. The van der Waals surface area contributed by atoms with E-state index in [-0.39, 0.29) is 11.7 Å². The minimum absolute atomic E-state index is 0.0810. The molecular weight excluding hydrogens is 190 g/mol. The van der Waals surface area contributed by atoms with Crippen molar-refractivity contribution in [1.82, 2.24) is 0 Å². The van der Waals surface area contributed by atoms with Crippen molar-refractivity contribution >= 4 is 11.7 Å². The molecule has 80 valence electrons. The minimum atomic E-state index is -0.891. The predicted molar refractivity (Wildman–Crippen MR) is 54.6 cm³/mol. The lowest BCUT2D eigenvalue weighted by Gasteiger charge is -2.19. The normalized spacial score (nSPS) is 51.1. The summed E-state index contributed by atoms with van der Waals surface area (Å²) >= 11 is 0. The highest BCUT2D eigenvalue weighted by Gasteiger charge is 2.61. The van der Waals surface area contributed by atoms with Crippen LogP contribution in [0.2, 0.25) is 0 Å². The van der Waals surface area contributed by atoms with Crippen molar-refractivity contribution in [3.05, 3.63) is 12.2 Å². The summed E-state index contributed by atoms with van der Waals surface area (Å²) in [5.74, 6) is 1.01. The zero-order valence-corrected chi connectivity index (χ0v) is 8.77. The second-order valence-electron chi connectivity index (χ2n) is 5.40. The van der Waals surface area contributed by atoms with Gasteiger partial charge >= 0.3 is 0 Å². The number of fused-ring (bicyclic) bond motifs is 5. The monoisotopic (exact) mass is 205 g/mol. The largest absolute Gasteiger partial charge is 0.369 e. The minimum Gasteiger partial charge on any atom is -0.369 e. The highest BCUT2D eigenvalue weighted by atomic mass is 16.2. The average Bonchev–Trinajstić information content (AvgIpc) is 2.80. The number of rotatable bonds is 1. The number of Topliss-reactive ketones (excluding diaryl/α,β-unsaturated/α-hetero) is 1. The molecule has 0 heterocycles. The first kappa shape index (κ1) is 9.13. The van der Waals surface area contributed by atoms with E-state index in [1.165, 1.54) is 0 Å². The smallest absolute Gasteiger partial charge is 0.230 e. The van der Waals surface area contributed by atoms with E-state index in [1.807, 2.05) is 0 Å². The van der Waals surface area contributed by atoms with Gasteiger partial charge in [0.25, 0.3) is 0 Å². The van der Waals surface area contributed by atoms with Crippen molar-refractivity contribution in [1.29, 1.82) is 0 Å². The van der Waals surface area contributed by atoms with Crippen LogP contribution in [0.4, 0.5) is 0 Å². The lowest BCUT2D eigenvalue weighted by Crippen LogP contribution is -2.40. The Bertz CT molecular complexity index is 387. The Labute approximate surface area is 88.7 Å². The molecule has 3 rings (SSSR count). The molecule has 5 atom stereocenters. The Morgan fingerprint density at radius 1 is 1.47 bits per heavy atom. The van der Waals surface area contributed by atoms with E-state index < -0.39 is 11.3 Å². The Balaban J connectivity index is 2.00. The standard InChI is InChI=1S/C12H15NO2/c1-12(11(13)15)5-8-6-2-3-7(4-6)9(8)10(12)14/h2-3,6-9H,4-5H2,1H3,(H2,13,15)/t6-,7+,8+,9+,12-/m0/s1. The number of ketones is 1. The second-order valence-corrected chi connectivity index (χ2v) is 5.40. The number of carbonyl (C=O) groups excluding carboxylic acids is 2. The summed E-state index contributed by atoms with van der Waals surface area (Å²) in [5, 5.41) is 0. The van der Waals surface area contributed by atoms with Gasteiger partial charge in [-0.25, -0.2) is 0 Å². The highest BCUT2D eigenvalue weighted by molar-refractivity contribution is 6.08. The number of amides is 1. The van der Waals surface area contributed by atoms with Gasteiger partial charge in [-0.15, -0.1) is 0 Å². The van der Waals surface area contributed by atoms with Crippen LogP contribution in [0.15, 0.2) is 12.2 Å². The van der Waals surface area contributed by atoms with E-state index in [2.05, 4.69) is 12.2 Å². The molecule has 3 heteroatoms. The molecule has 1 amide bonds. The van der Waals surface area contributed by atoms with Crippen molar-refractivity contribution in [2.24, 2.45) is 34.8 Å². The Hall–Kier alpha value is -1.12. The third-order valence-electron chi connectivity index (χ3n) is 4.66. The number of nitrogens with two attached hydrogens (primary N) is 1. The second kappa shape index (κ2) is 2.52. The number of primary amides is 1. The van der Waals surface area contributed by atoms with Gasteiger partial charge in [0.1, 0.15) is 5.41 Å². The number of hydrogen-bond acceptors (Lipinski definition) is 2. The Kier molecular flexibility index (Phi) is 1.53. The average molecular weight is 205 g/mol. The molecule has 2 N–H and O–H groups in total. The number of hydrogen-bond donors (Lipinski definition) is 1. The van der Waals surface area contributed by atoms with Gasteiger partial charge in [-0.2, -0.15) is 0 Å². The molecule has 0 aromatic heterocycles. The van der Waals surface area contributed by atoms with Crippen molar-refractivity contribution in [2.75, 3.05) is 0 Å². The van der Waals surface area contributed by atoms with Crippen LogP contribution in [0, 0.1) is 29.1 Å². The molecule has 15 heavy (non-hydrogen) atoms. The van der Waals surface area contributed by atoms with E-state index >= 15 is 0 Å². The SMILES string of the molecule is C[C@]1(C(N)=O)C[C@H]2[C@H](C1=O)[C@@H]1C=C[C@H]2C1. The lowest BCUT2D eigenvalue weighted by molar-refractivity contribution is -0.138. The fraction of sp³-hybridized carbons (Fsp3) is 0.667. The van der Waals surface area contributed by atoms with Gasteiger partial charge in [0.15, 0.2) is 5.78 Å². The van der Waals surface area contributed by atoms with Crippen LogP contribution >= 0.6 is 0 Å². The zero-order chi connectivity index (χ0) is 10.8. The van der Waals surface area contributed by atoms with E-state index in [1.54, 1.807) is 6.92 Å².